The lowest BCUT2D eigenvalue weighted by Gasteiger charge is -2.11. The molecule has 0 radical (unpaired) electrons. The third-order valence-corrected chi connectivity index (χ3v) is 3.61. The number of ether oxygens (including phenoxy) is 1. The first-order valence-corrected chi connectivity index (χ1v) is 7.57. The topological polar surface area (TPSA) is 72.5 Å². The van der Waals surface area contributed by atoms with Crippen molar-refractivity contribution in [2.24, 2.45) is 0 Å². The van der Waals surface area contributed by atoms with Gasteiger partial charge in [0.15, 0.2) is 6.61 Å². The number of carbonyl (C=O) groups excluding carboxylic acids is 3. The lowest BCUT2D eigenvalue weighted by atomic mass is 10.1. The molecule has 1 N–H and O–H groups in total. The van der Waals surface area contributed by atoms with Crippen LogP contribution < -0.4 is 5.32 Å². The highest BCUT2D eigenvalue weighted by atomic mass is 35.5. The van der Waals surface area contributed by atoms with Gasteiger partial charge in [-0.2, -0.15) is 0 Å². The van der Waals surface area contributed by atoms with Gasteiger partial charge in [-0.05, 0) is 43.2 Å². The second kappa shape index (κ2) is 7.75. The molecular weight excluding hydrogens is 330 g/mol. The number of benzene rings is 2. The fourth-order valence-corrected chi connectivity index (χ4v) is 2.53. The van der Waals surface area contributed by atoms with Gasteiger partial charge >= 0.3 is 5.97 Å². The predicted molar refractivity (Wildman–Crippen MR) is 91.7 cm³/mol. The highest BCUT2D eigenvalue weighted by Crippen LogP contribution is 2.27. The Morgan fingerprint density at radius 1 is 1.17 bits per heavy atom. The van der Waals surface area contributed by atoms with Gasteiger partial charge in [-0.15, -0.1) is 0 Å². The monoisotopic (exact) mass is 345 g/mol. The first kappa shape index (κ1) is 17.7. The number of hydrogen-bond acceptors (Lipinski definition) is 4. The predicted octanol–water partition coefficient (Wildman–Crippen LogP) is 3.56. The van der Waals surface area contributed by atoms with Gasteiger partial charge in [-0.1, -0.05) is 29.8 Å². The molecule has 0 aliphatic heterocycles. The first-order chi connectivity index (χ1) is 11.4. The average molecular weight is 346 g/mol. The molecular formula is C18H16ClNO4. The number of aryl methyl sites for hydroxylation is 2. The van der Waals surface area contributed by atoms with Crippen molar-refractivity contribution in [1.29, 1.82) is 0 Å². The Bertz CT molecular complexity index is 761. The zero-order valence-electron chi connectivity index (χ0n) is 13.3. The molecule has 5 nitrogen and oxygen atoms in total. The number of amides is 1. The molecule has 124 valence electrons. The van der Waals surface area contributed by atoms with Gasteiger partial charge in [0.05, 0.1) is 16.3 Å². The molecule has 0 unspecified atom stereocenters. The second-order valence-corrected chi connectivity index (χ2v) is 5.71. The van der Waals surface area contributed by atoms with Crippen molar-refractivity contribution in [1.82, 2.24) is 0 Å². The quantitative estimate of drug-likeness (QED) is 0.664. The van der Waals surface area contributed by atoms with Crippen LogP contribution in [-0.4, -0.2) is 24.8 Å². The largest absolute Gasteiger partial charge is 0.452 e. The van der Waals surface area contributed by atoms with Crippen LogP contribution in [-0.2, 0) is 9.53 Å². The van der Waals surface area contributed by atoms with Gasteiger partial charge in [0.25, 0.3) is 5.91 Å². The summed E-state index contributed by atoms with van der Waals surface area (Å²) in [5, 5.41) is 3.06. The SMILES string of the molecule is Cc1cc(C)c(NC(=O)COC(=O)c2ccc(C=O)cc2)c(Cl)c1. The molecule has 0 saturated carbocycles. The van der Waals surface area contributed by atoms with Crippen LogP contribution in [0.15, 0.2) is 36.4 Å². The molecule has 0 aliphatic rings. The van der Waals surface area contributed by atoms with Crippen LogP contribution in [0, 0.1) is 13.8 Å². The van der Waals surface area contributed by atoms with Crippen LogP contribution >= 0.6 is 11.6 Å². The smallest absolute Gasteiger partial charge is 0.338 e. The molecule has 24 heavy (non-hydrogen) atoms. The number of esters is 1. The van der Waals surface area contributed by atoms with E-state index in [1.165, 1.54) is 24.3 Å². The van der Waals surface area contributed by atoms with E-state index >= 15 is 0 Å². The number of rotatable bonds is 5. The number of anilines is 1. The molecule has 2 aromatic carbocycles. The third kappa shape index (κ3) is 4.43. The van der Waals surface area contributed by atoms with Gasteiger partial charge in [0.1, 0.15) is 6.29 Å². The zero-order valence-corrected chi connectivity index (χ0v) is 14.0. The van der Waals surface area contributed by atoms with E-state index in [1.807, 2.05) is 19.9 Å². The number of carbonyl (C=O) groups is 3. The Morgan fingerprint density at radius 3 is 2.42 bits per heavy atom. The minimum Gasteiger partial charge on any atom is -0.452 e. The van der Waals surface area contributed by atoms with E-state index in [2.05, 4.69) is 5.32 Å². The first-order valence-electron chi connectivity index (χ1n) is 7.19. The third-order valence-electron chi connectivity index (χ3n) is 3.31. The number of halogens is 1. The van der Waals surface area contributed by atoms with Crippen LogP contribution in [0.4, 0.5) is 5.69 Å². The van der Waals surface area contributed by atoms with E-state index in [0.717, 1.165) is 11.1 Å². The zero-order chi connectivity index (χ0) is 17.7. The maximum Gasteiger partial charge on any atom is 0.338 e. The summed E-state index contributed by atoms with van der Waals surface area (Å²) in [4.78, 5) is 34.4. The molecule has 0 bridgehead atoms. The molecule has 0 heterocycles. The van der Waals surface area contributed by atoms with E-state index in [9.17, 15) is 14.4 Å². The summed E-state index contributed by atoms with van der Waals surface area (Å²) in [6.07, 6.45) is 0.677. The van der Waals surface area contributed by atoms with Crippen molar-refractivity contribution in [3.63, 3.8) is 0 Å². The summed E-state index contributed by atoms with van der Waals surface area (Å²) in [5.74, 6) is -1.13. The van der Waals surface area contributed by atoms with Gasteiger partial charge in [-0.25, -0.2) is 4.79 Å². The van der Waals surface area contributed by atoms with Crippen molar-refractivity contribution in [3.8, 4) is 0 Å². The molecule has 6 heteroatoms. The van der Waals surface area contributed by atoms with Crippen molar-refractivity contribution in [2.75, 3.05) is 11.9 Å². The summed E-state index contributed by atoms with van der Waals surface area (Å²) >= 11 is 6.12. The van der Waals surface area contributed by atoms with Gasteiger partial charge in [-0.3, -0.25) is 9.59 Å². The maximum absolute atomic E-state index is 11.9. The van der Waals surface area contributed by atoms with Crippen LogP contribution in [0.3, 0.4) is 0 Å². The number of nitrogens with one attached hydrogen (secondary N) is 1. The molecule has 0 aliphatic carbocycles. The molecule has 1 amide bonds. The Kier molecular flexibility index (Phi) is 5.71. The standard InChI is InChI=1S/C18H16ClNO4/c1-11-7-12(2)17(15(19)8-11)20-16(22)10-24-18(23)14-5-3-13(9-21)4-6-14/h3-9H,10H2,1-2H3,(H,20,22). The minimum absolute atomic E-state index is 0.262. The summed E-state index contributed by atoms with van der Waals surface area (Å²) in [6.45, 7) is 3.30. The number of aldehydes is 1. The highest BCUT2D eigenvalue weighted by molar-refractivity contribution is 6.34. The summed E-state index contributed by atoms with van der Waals surface area (Å²) < 4.78 is 4.96. The van der Waals surface area contributed by atoms with Crippen LogP contribution in [0.1, 0.15) is 31.8 Å². The Balaban J connectivity index is 1.95. The van der Waals surface area contributed by atoms with Crippen LogP contribution in [0.2, 0.25) is 5.02 Å². The summed E-state index contributed by atoms with van der Waals surface area (Å²) in [5.41, 5.74) is 3.02. The van der Waals surface area contributed by atoms with E-state index in [4.69, 9.17) is 16.3 Å². The Hall–Kier alpha value is -2.66. The van der Waals surface area contributed by atoms with Crippen LogP contribution in [0.5, 0.6) is 0 Å². The minimum atomic E-state index is -0.644. The van der Waals surface area contributed by atoms with Gasteiger partial charge in [0.2, 0.25) is 0 Å². The van der Waals surface area contributed by atoms with Crippen molar-refractivity contribution in [3.05, 3.63) is 63.7 Å². The van der Waals surface area contributed by atoms with E-state index < -0.39 is 18.5 Å². The maximum atomic E-state index is 11.9. The number of hydrogen-bond donors (Lipinski definition) is 1. The van der Waals surface area contributed by atoms with Crippen LogP contribution in [0.25, 0.3) is 0 Å². The van der Waals surface area contributed by atoms with Crippen molar-refractivity contribution >= 4 is 35.5 Å². The molecule has 0 atom stereocenters. The molecule has 2 aromatic rings. The van der Waals surface area contributed by atoms with Gasteiger partial charge in [0, 0.05) is 5.56 Å². The lowest BCUT2D eigenvalue weighted by molar-refractivity contribution is -0.119. The lowest BCUT2D eigenvalue weighted by Crippen LogP contribution is -2.21. The highest BCUT2D eigenvalue weighted by Gasteiger charge is 2.13. The summed E-state index contributed by atoms with van der Waals surface area (Å²) in [7, 11) is 0. The fraction of sp³-hybridized carbons (Fsp3) is 0.167. The van der Waals surface area contributed by atoms with E-state index in [0.29, 0.717) is 22.6 Å². The van der Waals surface area contributed by atoms with Crippen molar-refractivity contribution < 1.29 is 19.1 Å². The Morgan fingerprint density at radius 2 is 1.83 bits per heavy atom. The summed E-state index contributed by atoms with van der Waals surface area (Å²) in [6, 6.07) is 9.56. The normalized spacial score (nSPS) is 10.1. The molecule has 0 aromatic heterocycles. The second-order valence-electron chi connectivity index (χ2n) is 5.30. The molecule has 0 spiro atoms. The van der Waals surface area contributed by atoms with Gasteiger partial charge < -0.3 is 10.1 Å². The molecule has 2 rings (SSSR count). The fourth-order valence-electron chi connectivity index (χ4n) is 2.16. The average Bonchev–Trinajstić information content (AvgIpc) is 2.56. The van der Waals surface area contributed by atoms with E-state index in [1.54, 1.807) is 6.07 Å². The Labute approximate surface area is 144 Å². The molecule has 0 fully saturated rings. The molecule has 0 saturated heterocycles. The van der Waals surface area contributed by atoms with E-state index in [-0.39, 0.29) is 5.56 Å². The van der Waals surface area contributed by atoms with Crippen molar-refractivity contribution in [2.45, 2.75) is 13.8 Å².